The fraction of sp³-hybridized carbons (Fsp3) is 0.714. The molecule has 0 aromatic rings. The maximum atomic E-state index is 11.0. The highest BCUT2D eigenvalue weighted by Gasteiger charge is 2.07. The van der Waals surface area contributed by atoms with Gasteiger partial charge >= 0.3 is 6.03 Å². The fourth-order valence-corrected chi connectivity index (χ4v) is 0.871. The van der Waals surface area contributed by atoms with Crippen molar-refractivity contribution in [2.75, 3.05) is 26.3 Å². The molecule has 5 heteroatoms. The Morgan fingerprint density at radius 2 is 2.58 bits per heavy atom. The van der Waals surface area contributed by atoms with E-state index in [9.17, 15) is 4.79 Å². The Kier molecular flexibility index (Phi) is 3.53. The topological polar surface area (TPSA) is 62.7 Å². The second-order valence-corrected chi connectivity index (χ2v) is 2.37. The van der Waals surface area contributed by atoms with Crippen molar-refractivity contribution in [2.45, 2.75) is 6.92 Å². The summed E-state index contributed by atoms with van der Waals surface area (Å²) in [6.45, 7) is 4.14. The summed E-state index contributed by atoms with van der Waals surface area (Å²) in [4.78, 5) is 15.0. The molecule has 0 aromatic heterocycles. The van der Waals surface area contributed by atoms with E-state index in [0.29, 0.717) is 32.1 Å². The number of hydrogen-bond donors (Lipinski definition) is 2. The monoisotopic (exact) mass is 171 g/mol. The van der Waals surface area contributed by atoms with Crippen LogP contribution in [0.5, 0.6) is 0 Å². The molecule has 0 saturated carbocycles. The lowest BCUT2D eigenvalue weighted by atomic mass is 10.5. The zero-order valence-corrected chi connectivity index (χ0v) is 7.09. The Labute approximate surface area is 71.2 Å². The van der Waals surface area contributed by atoms with Gasteiger partial charge in [-0.1, -0.05) is 0 Å². The Hall–Kier alpha value is -1.10. The molecular formula is C7H13N3O2. The summed E-state index contributed by atoms with van der Waals surface area (Å²) in [7, 11) is 0. The van der Waals surface area contributed by atoms with Crippen LogP contribution < -0.4 is 10.6 Å². The molecule has 0 bridgehead atoms. The number of urea groups is 1. The number of nitrogens with zero attached hydrogens (tertiary/aromatic N) is 1. The van der Waals surface area contributed by atoms with Crippen molar-refractivity contribution in [1.82, 2.24) is 10.6 Å². The molecule has 1 rings (SSSR count). The summed E-state index contributed by atoms with van der Waals surface area (Å²) in [5.74, 6) is 0.604. The van der Waals surface area contributed by atoms with Crippen molar-refractivity contribution >= 4 is 11.9 Å². The largest absolute Gasteiger partial charge is 0.372 e. The molecule has 5 nitrogen and oxygen atoms in total. The van der Waals surface area contributed by atoms with E-state index in [1.54, 1.807) is 0 Å². The molecule has 68 valence electrons. The summed E-state index contributed by atoms with van der Waals surface area (Å²) >= 11 is 0. The highest BCUT2D eigenvalue weighted by molar-refractivity contribution is 5.98. The van der Waals surface area contributed by atoms with Gasteiger partial charge in [0.25, 0.3) is 0 Å². The van der Waals surface area contributed by atoms with Gasteiger partial charge in [-0.2, -0.15) is 0 Å². The molecule has 0 atom stereocenters. The summed E-state index contributed by atoms with van der Waals surface area (Å²) in [6, 6.07) is -0.221. The predicted molar refractivity (Wildman–Crippen MR) is 45.3 cm³/mol. The molecule has 0 saturated heterocycles. The first-order chi connectivity index (χ1) is 5.83. The van der Waals surface area contributed by atoms with Crippen molar-refractivity contribution in [3.63, 3.8) is 0 Å². The van der Waals surface area contributed by atoms with E-state index in [-0.39, 0.29) is 6.03 Å². The van der Waals surface area contributed by atoms with Crippen molar-refractivity contribution < 1.29 is 9.53 Å². The second kappa shape index (κ2) is 4.71. The molecule has 0 aromatic carbocycles. The van der Waals surface area contributed by atoms with E-state index in [1.807, 2.05) is 6.92 Å². The molecule has 12 heavy (non-hydrogen) atoms. The van der Waals surface area contributed by atoms with Crippen molar-refractivity contribution in [3.8, 4) is 0 Å². The van der Waals surface area contributed by atoms with E-state index in [4.69, 9.17) is 4.74 Å². The Morgan fingerprint density at radius 3 is 3.17 bits per heavy atom. The maximum Gasteiger partial charge on any atom is 0.320 e. The standard InChI is InChI=1S/C7H13N3O2/c1-2-8-7(11)10-6-5-12-4-3-9-6/h2-5H2,1H3,(H2,8,9,10,11). The first-order valence-electron chi connectivity index (χ1n) is 3.99. The number of nitrogens with one attached hydrogen (secondary N) is 2. The van der Waals surface area contributed by atoms with E-state index in [2.05, 4.69) is 15.6 Å². The number of carbonyl (C=O) groups excluding carboxylic acids is 1. The van der Waals surface area contributed by atoms with Crippen LogP contribution in [-0.2, 0) is 4.74 Å². The highest BCUT2D eigenvalue weighted by Crippen LogP contribution is 1.88. The number of amidine groups is 1. The first-order valence-corrected chi connectivity index (χ1v) is 3.99. The normalized spacial score (nSPS) is 16.6. The highest BCUT2D eigenvalue weighted by atomic mass is 16.5. The Morgan fingerprint density at radius 1 is 1.75 bits per heavy atom. The van der Waals surface area contributed by atoms with Crippen molar-refractivity contribution in [3.05, 3.63) is 0 Å². The average Bonchev–Trinajstić information content (AvgIpc) is 2.06. The number of carbonyl (C=O) groups is 1. The molecular weight excluding hydrogens is 158 g/mol. The van der Waals surface area contributed by atoms with Gasteiger partial charge in [0.05, 0.1) is 13.2 Å². The fourth-order valence-electron chi connectivity index (χ4n) is 0.871. The van der Waals surface area contributed by atoms with Crippen LogP contribution in [0.1, 0.15) is 6.92 Å². The lowest BCUT2D eigenvalue weighted by molar-refractivity contribution is 0.168. The van der Waals surface area contributed by atoms with Gasteiger partial charge in [-0.25, -0.2) is 4.79 Å². The minimum Gasteiger partial charge on any atom is -0.372 e. The van der Waals surface area contributed by atoms with E-state index in [1.165, 1.54) is 0 Å². The quantitative estimate of drug-likeness (QED) is 0.570. The molecule has 0 unspecified atom stereocenters. The molecule has 0 fully saturated rings. The number of hydrogen-bond acceptors (Lipinski definition) is 3. The lowest BCUT2D eigenvalue weighted by Gasteiger charge is -2.13. The number of aliphatic imine (C=N–C) groups is 1. The molecule has 0 aliphatic carbocycles. The number of rotatable bonds is 1. The number of ether oxygens (including phenoxy) is 1. The summed E-state index contributed by atoms with van der Waals surface area (Å²) in [5, 5.41) is 5.20. The van der Waals surface area contributed by atoms with Gasteiger partial charge in [-0.3, -0.25) is 10.3 Å². The molecule has 1 heterocycles. The Balaban J connectivity index is 2.29. The summed E-state index contributed by atoms with van der Waals surface area (Å²) < 4.78 is 5.09. The first kappa shape index (κ1) is 8.99. The van der Waals surface area contributed by atoms with Crippen molar-refractivity contribution in [1.29, 1.82) is 0 Å². The summed E-state index contributed by atoms with van der Waals surface area (Å²) in [6.07, 6.45) is 0. The molecule has 0 radical (unpaired) electrons. The molecule has 1 aliphatic rings. The smallest absolute Gasteiger partial charge is 0.320 e. The third kappa shape index (κ3) is 2.87. The summed E-state index contributed by atoms with van der Waals surface area (Å²) in [5.41, 5.74) is 0. The average molecular weight is 171 g/mol. The van der Waals surface area contributed by atoms with Gasteiger partial charge in [0.1, 0.15) is 12.4 Å². The van der Waals surface area contributed by atoms with Crippen LogP contribution in [0.15, 0.2) is 4.99 Å². The van der Waals surface area contributed by atoms with E-state index in [0.717, 1.165) is 0 Å². The lowest BCUT2D eigenvalue weighted by Crippen LogP contribution is -2.42. The number of amides is 2. The van der Waals surface area contributed by atoms with Crippen molar-refractivity contribution in [2.24, 2.45) is 4.99 Å². The van der Waals surface area contributed by atoms with Crippen LogP contribution in [0, 0.1) is 0 Å². The minimum absolute atomic E-state index is 0.221. The third-order valence-electron chi connectivity index (χ3n) is 1.37. The van der Waals surface area contributed by atoms with E-state index >= 15 is 0 Å². The van der Waals surface area contributed by atoms with Crippen LogP contribution in [0.25, 0.3) is 0 Å². The molecule has 1 aliphatic heterocycles. The van der Waals surface area contributed by atoms with Crippen LogP contribution in [0.2, 0.25) is 0 Å². The molecule has 0 spiro atoms. The van der Waals surface area contributed by atoms with E-state index < -0.39 is 0 Å². The van der Waals surface area contributed by atoms with Gasteiger partial charge in [0.2, 0.25) is 0 Å². The van der Waals surface area contributed by atoms with Crippen LogP contribution >= 0.6 is 0 Å². The Bertz CT molecular complexity index is 191. The zero-order chi connectivity index (χ0) is 8.81. The van der Waals surface area contributed by atoms with Gasteiger partial charge < -0.3 is 10.1 Å². The minimum atomic E-state index is -0.221. The van der Waals surface area contributed by atoms with Crippen LogP contribution in [0.4, 0.5) is 4.79 Å². The maximum absolute atomic E-state index is 11.0. The van der Waals surface area contributed by atoms with Gasteiger partial charge in [0.15, 0.2) is 0 Å². The van der Waals surface area contributed by atoms with Gasteiger partial charge in [-0.15, -0.1) is 0 Å². The van der Waals surface area contributed by atoms with Gasteiger partial charge in [-0.05, 0) is 6.92 Å². The predicted octanol–water partition coefficient (Wildman–Crippen LogP) is -0.266. The second-order valence-electron chi connectivity index (χ2n) is 2.37. The zero-order valence-electron chi connectivity index (χ0n) is 7.09. The van der Waals surface area contributed by atoms with Crippen LogP contribution in [-0.4, -0.2) is 38.2 Å². The van der Waals surface area contributed by atoms with Crippen LogP contribution in [0.3, 0.4) is 0 Å². The third-order valence-corrected chi connectivity index (χ3v) is 1.37. The SMILES string of the molecule is CCNC(=O)NC1=NCCOC1. The van der Waals surface area contributed by atoms with Gasteiger partial charge in [0, 0.05) is 6.54 Å². The molecule has 2 amide bonds. The molecule has 2 N–H and O–H groups in total.